The van der Waals surface area contributed by atoms with Gasteiger partial charge in [0.25, 0.3) is 0 Å². The van der Waals surface area contributed by atoms with Gasteiger partial charge in [-0.3, -0.25) is 11.3 Å². The van der Waals surface area contributed by atoms with Crippen LogP contribution in [0, 0.1) is 5.92 Å². The maximum Gasteiger partial charge on any atom is 0.0210 e. The predicted octanol–water partition coefficient (Wildman–Crippen LogP) is 0.248. The number of rotatable bonds is 2. The Balaban J connectivity index is 2.10. The Morgan fingerprint density at radius 2 is 2.29 bits per heavy atom. The molecule has 0 radical (unpaired) electrons. The molecule has 1 rings (SSSR count). The zero-order valence-corrected chi connectivity index (χ0v) is 4.65. The summed E-state index contributed by atoms with van der Waals surface area (Å²) in [6, 6.07) is 0.542. The molecule has 0 heterocycles. The molecule has 7 heavy (non-hydrogen) atoms. The van der Waals surface area contributed by atoms with E-state index in [4.69, 9.17) is 5.84 Å². The second-order valence-corrected chi connectivity index (χ2v) is 2.29. The van der Waals surface area contributed by atoms with E-state index in [0.717, 1.165) is 5.92 Å². The summed E-state index contributed by atoms with van der Waals surface area (Å²) in [5.74, 6) is 6.04. The van der Waals surface area contributed by atoms with E-state index in [1.54, 1.807) is 0 Å². The molecule has 0 aromatic rings. The first-order chi connectivity index (χ1) is 3.34. The molecular weight excluding hydrogens is 88.1 g/mol. The largest absolute Gasteiger partial charge is 0.271 e. The van der Waals surface area contributed by atoms with Crippen molar-refractivity contribution in [3.63, 3.8) is 0 Å². The minimum atomic E-state index is 0.542. The van der Waals surface area contributed by atoms with Gasteiger partial charge in [-0.1, -0.05) is 0 Å². The highest BCUT2D eigenvalue weighted by atomic mass is 15.2. The lowest BCUT2D eigenvalue weighted by Gasteiger charge is -2.04. The second-order valence-electron chi connectivity index (χ2n) is 2.29. The summed E-state index contributed by atoms with van der Waals surface area (Å²) in [5, 5.41) is 0. The van der Waals surface area contributed by atoms with Crippen molar-refractivity contribution in [1.82, 2.24) is 5.43 Å². The van der Waals surface area contributed by atoms with Crippen molar-refractivity contribution in [3.8, 4) is 0 Å². The molecule has 1 atom stereocenters. The molecule has 1 aliphatic rings. The Labute approximate surface area is 44.1 Å². The molecule has 2 heteroatoms. The number of hydrogen-bond donors (Lipinski definition) is 2. The molecule has 3 N–H and O–H groups in total. The molecule has 0 amide bonds. The molecule has 42 valence electrons. The molecule has 1 saturated carbocycles. The Kier molecular flexibility index (Phi) is 1.30. The minimum absolute atomic E-state index is 0.542. The topological polar surface area (TPSA) is 38.0 Å². The van der Waals surface area contributed by atoms with Crippen molar-refractivity contribution in [3.05, 3.63) is 0 Å². The van der Waals surface area contributed by atoms with Gasteiger partial charge in [-0.25, -0.2) is 0 Å². The molecule has 0 aliphatic heterocycles. The standard InChI is InChI=1S/C5H12N2/c1-4(7-6)5-2-3-5/h4-5,7H,2-3,6H2,1H3. The molecular formula is C5H12N2. The van der Waals surface area contributed by atoms with Crippen molar-refractivity contribution < 1.29 is 0 Å². The van der Waals surface area contributed by atoms with Crippen molar-refractivity contribution in [2.75, 3.05) is 0 Å². The van der Waals surface area contributed by atoms with E-state index in [0.29, 0.717) is 6.04 Å². The molecule has 2 nitrogen and oxygen atoms in total. The molecule has 0 spiro atoms. The smallest absolute Gasteiger partial charge is 0.0210 e. The zero-order chi connectivity index (χ0) is 5.28. The van der Waals surface area contributed by atoms with E-state index in [2.05, 4.69) is 12.3 Å². The Morgan fingerprint density at radius 3 is 2.43 bits per heavy atom. The van der Waals surface area contributed by atoms with Crippen LogP contribution >= 0.6 is 0 Å². The maximum atomic E-state index is 5.16. The lowest BCUT2D eigenvalue weighted by molar-refractivity contribution is 0.513. The Bertz CT molecular complexity index is 59.1. The zero-order valence-electron chi connectivity index (χ0n) is 4.65. The van der Waals surface area contributed by atoms with Gasteiger partial charge in [-0.2, -0.15) is 0 Å². The number of nitrogens with one attached hydrogen (secondary N) is 1. The fraction of sp³-hybridized carbons (Fsp3) is 1.00. The van der Waals surface area contributed by atoms with Crippen LogP contribution < -0.4 is 11.3 Å². The number of hydrogen-bond acceptors (Lipinski definition) is 2. The lowest BCUT2D eigenvalue weighted by Crippen LogP contribution is -2.33. The van der Waals surface area contributed by atoms with Crippen LogP contribution in [0.3, 0.4) is 0 Å². The van der Waals surface area contributed by atoms with E-state index in [-0.39, 0.29) is 0 Å². The SMILES string of the molecule is CC(NN)C1CC1. The summed E-state index contributed by atoms with van der Waals surface area (Å²) in [5.41, 5.74) is 2.73. The van der Waals surface area contributed by atoms with Gasteiger partial charge in [0.05, 0.1) is 0 Å². The predicted molar refractivity (Wildman–Crippen MR) is 29.5 cm³/mol. The van der Waals surface area contributed by atoms with Crippen molar-refractivity contribution in [2.45, 2.75) is 25.8 Å². The van der Waals surface area contributed by atoms with Crippen LogP contribution in [0.25, 0.3) is 0 Å². The van der Waals surface area contributed by atoms with Crippen LogP contribution in [-0.2, 0) is 0 Å². The summed E-state index contributed by atoms with van der Waals surface area (Å²) >= 11 is 0. The molecule has 0 aromatic carbocycles. The first-order valence-electron chi connectivity index (χ1n) is 2.80. The first-order valence-corrected chi connectivity index (χ1v) is 2.80. The van der Waals surface area contributed by atoms with Crippen LogP contribution in [0.15, 0.2) is 0 Å². The van der Waals surface area contributed by atoms with Gasteiger partial charge in [0.15, 0.2) is 0 Å². The van der Waals surface area contributed by atoms with Crippen LogP contribution in [0.4, 0.5) is 0 Å². The molecule has 0 saturated heterocycles. The molecule has 1 fully saturated rings. The summed E-state index contributed by atoms with van der Waals surface area (Å²) in [6.07, 6.45) is 2.73. The first kappa shape index (κ1) is 5.06. The molecule has 1 aliphatic carbocycles. The summed E-state index contributed by atoms with van der Waals surface area (Å²) < 4.78 is 0. The number of hydrazine groups is 1. The molecule has 0 bridgehead atoms. The summed E-state index contributed by atoms with van der Waals surface area (Å²) in [6.45, 7) is 2.12. The van der Waals surface area contributed by atoms with Crippen LogP contribution in [-0.4, -0.2) is 6.04 Å². The second kappa shape index (κ2) is 1.80. The number of nitrogens with two attached hydrogens (primary N) is 1. The monoisotopic (exact) mass is 100 g/mol. The maximum absolute atomic E-state index is 5.16. The summed E-state index contributed by atoms with van der Waals surface area (Å²) in [4.78, 5) is 0. The fourth-order valence-electron chi connectivity index (χ4n) is 0.732. The van der Waals surface area contributed by atoms with Gasteiger partial charge in [0.1, 0.15) is 0 Å². The highest BCUT2D eigenvalue weighted by Gasteiger charge is 2.26. The normalized spacial score (nSPS) is 24.9. The van der Waals surface area contributed by atoms with Crippen LogP contribution in [0.5, 0.6) is 0 Å². The molecule has 1 unspecified atom stereocenters. The van der Waals surface area contributed by atoms with E-state index in [1.165, 1.54) is 12.8 Å². The van der Waals surface area contributed by atoms with Crippen molar-refractivity contribution in [2.24, 2.45) is 11.8 Å². The van der Waals surface area contributed by atoms with Gasteiger partial charge < -0.3 is 0 Å². The fourth-order valence-corrected chi connectivity index (χ4v) is 0.732. The average Bonchev–Trinajstić information content (AvgIpc) is 2.44. The van der Waals surface area contributed by atoms with Crippen molar-refractivity contribution in [1.29, 1.82) is 0 Å². The summed E-state index contributed by atoms with van der Waals surface area (Å²) in [7, 11) is 0. The van der Waals surface area contributed by atoms with Crippen LogP contribution in [0.1, 0.15) is 19.8 Å². The van der Waals surface area contributed by atoms with Gasteiger partial charge in [0, 0.05) is 6.04 Å². The lowest BCUT2D eigenvalue weighted by atomic mass is 10.2. The highest BCUT2D eigenvalue weighted by molar-refractivity contribution is 4.81. The van der Waals surface area contributed by atoms with Gasteiger partial charge in [-0.15, -0.1) is 0 Å². The Hall–Kier alpha value is -0.0800. The van der Waals surface area contributed by atoms with Gasteiger partial charge in [0.2, 0.25) is 0 Å². The third-order valence-electron chi connectivity index (χ3n) is 1.59. The minimum Gasteiger partial charge on any atom is -0.271 e. The average molecular weight is 100 g/mol. The van der Waals surface area contributed by atoms with E-state index >= 15 is 0 Å². The van der Waals surface area contributed by atoms with E-state index in [1.807, 2.05) is 0 Å². The quantitative estimate of drug-likeness (QED) is 0.385. The third-order valence-corrected chi connectivity index (χ3v) is 1.59. The van der Waals surface area contributed by atoms with Gasteiger partial charge >= 0.3 is 0 Å². The molecule has 0 aromatic heterocycles. The van der Waals surface area contributed by atoms with Gasteiger partial charge in [-0.05, 0) is 25.7 Å². The van der Waals surface area contributed by atoms with E-state index in [9.17, 15) is 0 Å². The third kappa shape index (κ3) is 1.14. The van der Waals surface area contributed by atoms with Crippen molar-refractivity contribution >= 4 is 0 Å². The highest BCUT2D eigenvalue weighted by Crippen LogP contribution is 2.31. The van der Waals surface area contributed by atoms with Crippen LogP contribution in [0.2, 0.25) is 0 Å². The Morgan fingerprint density at radius 1 is 1.71 bits per heavy atom. The van der Waals surface area contributed by atoms with E-state index < -0.39 is 0 Å².